The van der Waals surface area contributed by atoms with E-state index in [0.29, 0.717) is 24.7 Å². The maximum Gasteiger partial charge on any atom is 0.322 e. The van der Waals surface area contributed by atoms with Gasteiger partial charge in [-0.1, -0.05) is 12.1 Å². The number of hydrogen-bond donors (Lipinski definition) is 1. The van der Waals surface area contributed by atoms with Crippen molar-refractivity contribution < 1.29 is 22.8 Å². The molecular weight excluding hydrogens is 445 g/mol. The summed E-state index contributed by atoms with van der Waals surface area (Å²) in [7, 11) is 0. The summed E-state index contributed by atoms with van der Waals surface area (Å²) >= 11 is 0. The van der Waals surface area contributed by atoms with Gasteiger partial charge < -0.3 is 19.7 Å². The fourth-order valence-corrected chi connectivity index (χ4v) is 4.18. The Morgan fingerprint density at radius 2 is 1.79 bits per heavy atom. The number of carbonyl (C=O) groups excluding carboxylic acids is 2. The van der Waals surface area contributed by atoms with Crippen LogP contribution in [0.25, 0.3) is 0 Å². The van der Waals surface area contributed by atoms with Gasteiger partial charge in [-0.3, -0.25) is 4.79 Å². The van der Waals surface area contributed by atoms with Crippen molar-refractivity contribution in [2.45, 2.75) is 32.5 Å². The average molecular weight is 470 g/mol. The Kier molecular flexibility index (Phi) is 6.63. The van der Waals surface area contributed by atoms with Gasteiger partial charge in [-0.05, 0) is 55.8 Å². The van der Waals surface area contributed by atoms with Crippen LogP contribution in [0.2, 0.25) is 0 Å². The topological polar surface area (TPSA) is 57.6 Å². The predicted octanol–water partition coefficient (Wildman–Crippen LogP) is 4.78. The number of carbonyl (C=O) groups is 2. The molecule has 3 aromatic rings. The van der Waals surface area contributed by atoms with Crippen LogP contribution in [-0.2, 0) is 11.3 Å². The summed E-state index contributed by atoms with van der Waals surface area (Å²) in [5, 5.41) is 2.41. The molecule has 0 fully saturated rings. The van der Waals surface area contributed by atoms with Crippen molar-refractivity contribution in [1.29, 1.82) is 0 Å². The number of nitrogens with one attached hydrogen (secondary N) is 1. The number of hydrogen-bond acceptors (Lipinski definition) is 2. The van der Waals surface area contributed by atoms with E-state index in [9.17, 15) is 22.8 Å². The van der Waals surface area contributed by atoms with E-state index in [1.807, 2.05) is 22.9 Å². The molecule has 1 aromatic heterocycles. The first-order valence-corrected chi connectivity index (χ1v) is 11.0. The van der Waals surface area contributed by atoms with Gasteiger partial charge in [0.05, 0.1) is 11.7 Å². The number of anilines is 1. The molecule has 0 spiro atoms. The van der Waals surface area contributed by atoms with Gasteiger partial charge in [0.2, 0.25) is 5.91 Å². The van der Waals surface area contributed by atoms with Crippen LogP contribution in [0.3, 0.4) is 0 Å². The van der Waals surface area contributed by atoms with Crippen LogP contribution >= 0.6 is 0 Å². The second-order valence-electron chi connectivity index (χ2n) is 8.45. The lowest BCUT2D eigenvalue weighted by atomic mass is 9.99. The van der Waals surface area contributed by atoms with E-state index in [1.54, 1.807) is 30.9 Å². The lowest BCUT2D eigenvalue weighted by Gasteiger charge is -2.39. The Morgan fingerprint density at radius 3 is 2.50 bits per heavy atom. The van der Waals surface area contributed by atoms with E-state index >= 15 is 0 Å². The van der Waals surface area contributed by atoms with Crippen LogP contribution in [0.15, 0.2) is 60.8 Å². The largest absolute Gasteiger partial charge is 0.348 e. The third-order valence-corrected chi connectivity index (χ3v) is 5.89. The van der Waals surface area contributed by atoms with Crippen LogP contribution in [0.5, 0.6) is 0 Å². The van der Waals surface area contributed by atoms with E-state index in [-0.39, 0.29) is 24.2 Å². The van der Waals surface area contributed by atoms with Gasteiger partial charge in [0.1, 0.15) is 24.0 Å². The monoisotopic (exact) mass is 470 g/mol. The molecule has 6 nitrogen and oxygen atoms in total. The van der Waals surface area contributed by atoms with Crippen molar-refractivity contribution in [3.05, 3.63) is 89.5 Å². The van der Waals surface area contributed by atoms with Crippen molar-refractivity contribution in [2.24, 2.45) is 0 Å². The van der Waals surface area contributed by atoms with E-state index < -0.39 is 29.5 Å². The quantitative estimate of drug-likeness (QED) is 0.584. The highest BCUT2D eigenvalue weighted by Gasteiger charge is 2.34. The number of urea groups is 1. The zero-order valence-electron chi connectivity index (χ0n) is 18.8. The molecule has 1 unspecified atom stereocenters. The molecule has 1 aliphatic heterocycles. The Hall–Kier alpha value is -3.75. The minimum absolute atomic E-state index is 0.182. The number of rotatable bonds is 5. The van der Waals surface area contributed by atoms with E-state index in [1.165, 1.54) is 17.0 Å². The van der Waals surface area contributed by atoms with E-state index in [4.69, 9.17) is 0 Å². The van der Waals surface area contributed by atoms with Gasteiger partial charge in [-0.2, -0.15) is 0 Å². The number of aromatic nitrogens is 1. The molecular formula is C25H25F3N4O2. The summed E-state index contributed by atoms with van der Waals surface area (Å²) < 4.78 is 43.3. The number of benzene rings is 2. The molecule has 1 N–H and O–H groups in total. The van der Waals surface area contributed by atoms with Crippen molar-refractivity contribution in [2.75, 3.05) is 18.4 Å². The van der Waals surface area contributed by atoms with Crippen LogP contribution in [0, 0.1) is 17.5 Å². The Bertz CT molecular complexity index is 1210. The molecule has 3 amide bonds. The maximum atomic E-state index is 14.0. The van der Waals surface area contributed by atoms with Gasteiger partial charge in [-0.15, -0.1) is 0 Å². The molecule has 1 aliphatic rings. The fraction of sp³-hybridized carbons (Fsp3) is 0.280. The maximum absolute atomic E-state index is 14.0. The highest BCUT2D eigenvalue weighted by molar-refractivity contribution is 5.92. The Labute approximate surface area is 195 Å². The predicted molar refractivity (Wildman–Crippen MR) is 122 cm³/mol. The average Bonchev–Trinajstić information content (AvgIpc) is 3.27. The molecule has 2 heterocycles. The van der Waals surface area contributed by atoms with Crippen LogP contribution < -0.4 is 5.32 Å². The molecule has 34 heavy (non-hydrogen) atoms. The van der Waals surface area contributed by atoms with Crippen molar-refractivity contribution in [3.63, 3.8) is 0 Å². The van der Waals surface area contributed by atoms with E-state index in [2.05, 4.69) is 5.32 Å². The minimum atomic E-state index is -0.911. The summed E-state index contributed by atoms with van der Waals surface area (Å²) in [4.78, 5) is 29.3. The van der Waals surface area contributed by atoms with E-state index in [0.717, 1.165) is 17.8 Å². The number of amides is 3. The first-order chi connectivity index (χ1) is 16.2. The van der Waals surface area contributed by atoms with Crippen molar-refractivity contribution in [1.82, 2.24) is 14.4 Å². The summed E-state index contributed by atoms with van der Waals surface area (Å²) in [6, 6.07) is 11.1. The zero-order chi connectivity index (χ0) is 24.4. The summed E-state index contributed by atoms with van der Waals surface area (Å²) in [6.45, 7) is 4.15. The zero-order valence-corrected chi connectivity index (χ0v) is 18.8. The SMILES string of the molecule is CC(C)N(CC(=O)N1CCn2cccc2C1c1cccc(F)c1)C(=O)Nc1ccc(F)cc1F. The highest BCUT2D eigenvalue weighted by atomic mass is 19.1. The highest BCUT2D eigenvalue weighted by Crippen LogP contribution is 2.33. The molecule has 1 atom stereocenters. The van der Waals surface area contributed by atoms with Crippen molar-refractivity contribution >= 4 is 17.6 Å². The molecule has 0 saturated heterocycles. The van der Waals surface area contributed by atoms with Gasteiger partial charge >= 0.3 is 6.03 Å². The third kappa shape index (κ3) is 4.78. The van der Waals surface area contributed by atoms with Crippen molar-refractivity contribution in [3.8, 4) is 0 Å². The van der Waals surface area contributed by atoms with Crippen LogP contribution in [0.1, 0.15) is 31.1 Å². The molecule has 9 heteroatoms. The smallest absolute Gasteiger partial charge is 0.322 e. The third-order valence-electron chi connectivity index (χ3n) is 5.89. The van der Waals surface area contributed by atoms with Crippen LogP contribution in [-0.4, -0.2) is 45.4 Å². The lowest BCUT2D eigenvalue weighted by molar-refractivity contribution is -0.134. The molecule has 178 valence electrons. The second kappa shape index (κ2) is 9.62. The molecule has 0 saturated carbocycles. The summed E-state index contributed by atoms with van der Waals surface area (Å²) in [5.74, 6) is -2.40. The van der Waals surface area contributed by atoms with Gasteiger partial charge in [-0.25, -0.2) is 18.0 Å². The number of fused-ring (bicyclic) bond motifs is 1. The summed E-state index contributed by atoms with van der Waals surface area (Å²) in [5.41, 5.74) is 1.29. The molecule has 0 aliphatic carbocycles. The molecule has 2 aromatic carbocycles. The normalized spacial score (nSPS) is 15.2. The molecule has 0 radical (unpaired) electrons. The summed E-state index contributed by atoms with van der Waals surface area (Å²) in [6.07, 6.45) is 1.91. The fourth-order valence-electron chi connectivity index (χ4n) is 4.18. The first-order valence-electron chi connectivity index (χ1n) is 11.0. The molecule has 4 rings (SSSR count). The minimum Gasteiger partial charge on any atom is -0.348 e. The Balaban J connectivity index is 1.57. The van der Waals surface area contributed by atoms with Gasteiger partial charge in [0.25, 0.3) is 0 Å². The standard InChI is InChI=1S/C25H25F3N4O2/c1-16(2)32(25(34)29-21-9-8-19(27)14-20(21)28)15-23(33)31-12-11-30-10-4-7-22(30)24(31)17-5-3-6-18(26)13-17/h3-10,13-14,16,24H,11-12,15H2,1-2H3,(H,29,34). The number of nitrogens with zero attached hydrogens (tertiary/aromatic N) is 3. The van der Waals surface area contributed by atoms with Crippen LogP contribution in [0.4, 0.5) is 23.7 Å². The second-order valence-corrected chi connectivity index (χ2v) is 8.45. The first kappa shape index (κ1) is 23.4. The van der Waals surface area contributed by atoms with Gasteiger partial charge in [0.15, 0.2) is 0 Å². The number of halogens is 3. The van der Waals surface area contributed by atoms with Gasteiger partial charge in [0, 0.05) is 37.1 Å². The lowest BCUT2D eigenvalue weighted by Crippen LogP contribution is -2.50. The molecule has 0 bridgehead atoms. The Morgan fingerprint density at radius 1 is 1.03 bits per heavy atom.